The molecule has 0 aliphatic heterocycles. The number of nitrogens with zero attached hydrogens (tertiary/aromatic N) is 1. The summed E-state index contributed by atoms with van der Waals surface area (Å²) < 4.78 is 6.34. The van der Waals surface area contributed by atoms with Gasteiger partial charge in [0.15, 0.2) is 0 Å². The normalized spacial score (nSPS) is 10.4. The molecule has 1 N–H and O–H groups in total. The molecular weight excluding hydrogens is 268 g/mol. The van der Waals surface area contributed by atoms with E-state index in [4.69, 9.17) is 4.42 Å². The number of halogens is 1. The van der Waals surface area contributed by atoms with Gasteiger partial charge in [0.2, 0.25) is 0 Å². The van der Waals surface area contributed by atoms with Gasteiger partial charge in [-0.1, -0.05) is 34.1 Å². The van der Waals surface area contributed by atoms with E-state index in [1.54, 1.807) is 13.3 Å². The highest BCUT2D eigenvalue weighted by molar-refractivity contribution is 9.10. The van der Waals surface area contributed by atoms with Crippen LogP contribution in [0.25, 0.3) is 0 Å². The first-order chi connectivity index (χ1) is 7.79. The van der Waals surface area contributed by atoms with E-state index in [1.165, 1.54) is 5.56 Å². The number of hydrogen-bond donors (Lipinski definition) is 1. The van der Waals surface area contributed by atoms with Crippen molar-refractivity contribution in [1.82, 2.24) is 4.98 Å². The van der Waals surface area contributed by atoms with Crippen LogP contribution in [0.1, 0.15) is 11.3 Å². The van der Waals surface area contributed by atoms with Gasteiger partial charge in [0.25, 0.3) is 6.01 Å². The Hall–Kier alpha value is -1.29. The average molecular weight is 281 g/mol. The summed E-state index contributed by atoms with van der Waals surface area (Å²) in [6.45, 7) is 0. The lowest BCUT2D eigenvalue weighted by Crippen LogP contribution is -1.93. The second kappa shape index (κ2) is 5.16. The molecule has 1 aromatic heterocycles. The maximum absolute atomic E-state index is 5.20. The van der Waals surface area contributed by atoms with Gasteiger partial charge >= 0.3 is 0 Å². The molecule has 0 unspecified atom stereocenters. The van der Waals surface area contributed by atoms with Crippen molar-refractivity contribution < 1.29 is 4.42 Å². The molecule has 84 valence electrons. The molecule has 0 saturated carbocycles. The van der Waals surface area contributed by atoms with Crippen molar-refractivity contribution in [1.29, 1.82) is 0 Å². The molecule has 1 heterocycles. The van der Waals surface area contributed by atoms with Crippen LogP contribution < -0.4 is 5.32 Å². The molecular formula is C12H13BrN2O. The third-order valence-electron chi connectivity index (χ3n) is 2.37. The second-order valence-electron chi connectivity index (χ2n) is 3.49. The number of anilines is 1. The smallest absolute Gasteiger partial charge is 0.294 e. The van der Waals surface area contributed by atoms with E-state index in [9.17, 15) is 0 Å². The molecule has 0 saturated heterocycles. The van der Waals surface area contributed by atoms with E-state index >= 15 is 0 Å². The van der Waals surface area contributed by atoms with Gasteiger partial charge in [-0.3, -0.25) is 0 Å². The molecule has 16 heavy (non-hydrogen) atoms. The maximum Gasteiger partial charge on any atom is 0.294 e. The Bertz CT molecular complexity index is 468. The molecule has 0 atom stereocenters. The Kier molecular flexibility index (Phi) is 3.62. The van der Waals surface area contributed by atoms with Gasteiger partial charge in [0.1, 0.15) is 6.26 Å². The first-order valence-corrected chi connectivity index (χ1v) is 5.94. The summed E-state index contributed by atoms with van der Waals surface area (Å²) >= 11 is 3.53. The summed E-state index contributed by atoms with van der Waals surface area (Å²) in [6.07, 6.45) is 3.54. The highest BCUT2D eigenvalue weighted by Crippen LogP contribution is 2.18. The Balaban J connectivity index is 1.99. The van der Waals surface area contributed by atoms with Gasteiger partial charge in [-0.15, -0.1) is 0 Å². The first kappa shape index (κ1) is 11.2. The van der Waals surface area contributed by atoms with Gasteiger partial charge < -0.3 is 9.73 Å². The van der Waals surface area contributed by atoms with Gasteiger partial charge in [-0.2, -0.15) is 4.98 Å². The van der Waals surface area contributed by atoms with E-state index in [1.807, 2.05) is 12.1 Å². The van der Waals surface area contributed by atoms with Crippen LogP contribution in [0.15, 0.2) is 39.4 Å². The molecule has 0 radical (unpaired) electrons. The molecule has 2 aromatic rings. The zero-order valence-electron chi connectivity index (χ0n) is 9.03. The Morgan fingerprint density at radius 3 is 2.81 bits per heavy atom. The molecule has 4 heteroatoms. The highest BCUT2D eigenvalue weighted by Gasteiger charge is 2.04. The van der Waals surface area contributed by atoms with Gasteiger partial charge in [-0.25, -0.2) is 0 Å². The van der Waals surface area contributed by atoms with Crippen LogP contribution in [-0.4, -0.2) is 12.0 Å². The third kappa shape index (κ3) is 2.64. The van der Waals surface area contributed by atoms with E-state index in [-0.39, 0.29) is 0 Å². The van der Waals surface area contributed by atoms with E-state index in [0.29, 0.717) is 6.01 Å². The number of rotatable bonds is 4. The minimum atomic E-state index is 0.571. The molecule has 0 aliphatic rings. The summed E-state index contributed by atoms with van der Waals surface area (Å²) in [5.41, 5.74) is 2.26. The Morgan fingerprint density at radius 1 is 1.31 bits per heavy atom. The minimum absolute atomic E-state index is 0.571. The predicted octanol–water partition coefficient (Wildman–Crippen LogP) is 3.26. The molecule has 2 rings (SSSR count). The quantitative estimate of drug-likeness (QED) is 0.934. The van der Waals surface area contributed by atoms with E-state index < -0.39 is 0 Å². The van der Waals surface area contributed by atoms with Crippen molar-refractivity contribution in [2.45, 2.75) is 12.8 Å². The van der Waals surface area contributed by atoms with E-state index in [0.717, 1.165) is 23.0 Å². The molecule has 3 nitrogen and oxygen atoms in total. The summed E-state index contributed by atoms with van der Waals surface area (Å²) in [4.78, 5) is 4.28. The highest BCUT2D eigenvalue weighted by atomic mass is 79.9. The Morgan fingerprint density at radius 2 is 2.12 bits per heavy atom. The van der Waals surface area contributed by atoms with Crippen LogP contribution in [0, 0.1) is 0 Å². The van der Waals surface area contributed by atoms with Crippen LogP contribution in [0.2, 0.25) is 0 Å². The summed E-state index contributed by atoms with van der Waals surface area (Å²) in [6, 6.07) is 8.80. The molecule has 0 spiro atoms. The van der Waals surface area contributed by atoms with Crippen molar-refractivity contribution >= 4 is 21.9 Å². The number of benzene rings is 1. The minimum Gasteiger partial charge on any atom is -0.432 e. The van der Waals surface area contributed by atoms with Crippen molar-refractivity contribution in [3.05, 3.63) is 46.3 Å². The summed E-state index contributed by atoms with van der Waals surface area (Å²) in [5, 5.41) is 2.87. The number of aromatic nitrogens is 1. The first-order valence-electron chi connectivity index (χ1n) is 5.15. The zero-order chi connectivity index (χ0) is 11.4. The number of hydrogen-bond acceptors (Lipinski definition) is 3. The van der Waals surface area contributed by atoms with Crippen molar-refractivity contribution in [2.24, 2.45) is 0 Å². The van der Waals surface area contributed by atoms with Gasteiger partial charge in [0, 0.05) is 11.5 Å². The van der Waals surface area contributed by atoms with Crippen LogP contribution in [0.3, 0.4) is 0 Å². The van der Waals surface area contributed by atoms with Crippen LogP contribution in [-0.2, 0) is 12.8 Å². The van der Waals surface area contributed by atoms with Gasteiger partial charge in [0.05, 0.1) is 5.69 Å². The van der Waals surface area contributed by atoms with Crippen molar-refractivity contribution in [3.8, 4) is 0 Å². The lowest BCUT2D eigenvalue weighted by Gasteiger charge is -2.01. The summed E-state index contributed by atoms with van der Waals surface area (Å²) in [5.74, 6) is 0. The molecule has 0 aliphatic carbocycles. The van der Waals surface area contributed by atoms with Crippen LogP contribution in [0.4, 0.5) is 6.01 Å². The lowest BCUT2D eigenvalue weighted by atomic mass is 10.1. The fourth-order valence-electron chi connectivity index (χ4n) is 1.50. The monoisotopic (exact) mass is 280 g/mol. The van der Waals surface area contributed by atoms with Crippen molar-refractivity contribution in [3.63, 3.8) is 0 Å². The topological polar surface area (TPSA) is 38.1 Å². The number of oxazole rings is 1. The Labute approximate surface area is 103 Å². The molecule has 0 fully saturated rings. The average Bonchev–Trinajstić information content (AvgIpc) is 2.76. The van der Waals surface area contributed by atoms with Crippen molar-refractivity contribution in [2.75, 3.05) is 12.4 Å². The molecule has 0 bridgehead atoms. The number of nitrogens with one attached hydrogen (secondary N) is 1. The van der Waals surface area contributed by atoms with Gasteiger partial charge in [-0.05, 0) is 24.5 Å². The molecule has 0 amide bonds. The standard InChI is InChI=1S/C12H13BrN2O/c1-14-12-15-10(8-16-12)7-6-9-4-2-3-5-11(9)13/h2-5,8H,6-7H2,1H3,(H,14,15). The van der Waals surface area contributed by atoms with E-state index in [2.05, 4.69) is 38.4 Å². The van der Waals surface area contributed by atoms with Crippen LogP contribution >= 0.6 is 15.9 Å². The molecule has 1 aromatic carbocycles. The maximum atomic E-state index is 5.20. The predicted molar refractivity (Wildman–Crippen MR) is 67.6 cm³/mol. The zero-order valence-corrected chi connectivity index (χ0v) is 10.6. The fourth-order valence-corrected chi connectivity index (χ4v) is 1.98. The van der Waals surface area contributed by atoms with Crippen LogP contribution in [0.5, 0.6) is 0 Å². The second-order valence-corrected chi connectivity index (χ2v) is 4.34. The number of aryl methyl sites for hydroxylation is 2. The lowest BCUT2D eigenvalue weighted by molar-refractivity contribution is 0.573. The third-order valence-corrected chi connectivity index (χ3v) is 3.15. The SMILES string of the molecule is CNc1nc(CCc2ccccc2Br)co1. The largest absolute Gasteiger partial charge is 0.432 e. The fraction of sp³-hybridized carbons (Fsp3) is 0.250. The summed E-state index contributed by atoms with van der Waals surface area (Å²) in [7, 11) is 1.80.